The number of piperidine rings is 1. The quantitative estimate of drug-likeness (QED) is 0.775. The minimum absolute atomic E-state index is 0.689. The minimum Gasteiger partial charge on any atom is -0.380 e. The zero-order valence-corrected chi connectivity index (χ0v) is 12.1. The van der Waals surface area contributed by atoms with Crippen molar-refractivity contribution in [3.63, 3.8) is 0 Å². The highest BCUT2D eigenvalue weighted by molar-refractivity contribution is 5.60. The first-order chi connectivity index (χ1) is 9.92. The highest BCUT2D eigenvalue weighted by Crippen LogP contribution is 2.50. The Balaban J connectivity index is 1.51. The number of fused-ring (bicyclic) bond motifs is 7. The van der Waals surface area contributed by atoms with E-state index in [1.165, 1.54) is 50.9 Å². The third-order valence-electron chi connectivity index (χ3n) is 6.51. The van der Waals surface area contributed by atoms with E-state index in [9.17, 15) is 0 Å². The monoisotopic (exact) mass is 268 g/mol. The number of hydrogen-bond donors (Lipinski definition) is 1. The number of anilines is 1. The van der Waals surface area contributed by atoms with Crippen molar-refractivity contribution in [3.05, 3.63) is 29.8 Å². The van der Waals surface area contributed by atoms with Crippen LogP contribution in [0.3, 0.4) is 0 Å². The molecule has 4 aliphatic rings. The maximum atomic E-state index is 3.90. The normalized spacial score (nSPS) is 42.3. The van der Waals surface area contributed by atoms with Crippen molar-refractivity contribution < 1.29 is 0 Å². The van der Waals surface area contributed by atoms with Crippen molar-refractivity contribution in [2.75, 3.05) is 18.4 Å². The second-order valence-electron chi connectivity index (χ2n) is 7.35. The Hall–Kier alpha value is -1.02. The van der Waals surface area contributed by atoms with Gasteiger partial charge < -0.3 is 5.32 Å². The number of para-hydroxylation sites is 1. The van der Waals surface area contributed by atoms with Crippen LogP contribution in [0.4, 0.5) is 5.69 Å². The molecule has 0 radical (unpaired) electrons. The molecule has 5 atom stereocenters. The van der Waals surface area contributed by atoms with Gasteiger partial charge in [0.2, 0.25) is 0 Å². The molecular formula is C18H24N2. The Bertz CT molecular complexity index is 526. The number of benzene rings is 1. The fraction of sp³-hybridized carbons (Fsp3) is 0.667. The van der Waals surface area contributed by atoms with E-state index in [0.29, 0.717) is 6.04 Å². The van der Waals surface area contributed by atoms with Gasteiger partial charge in [0.25, 0.3) is 0 Å². The minimum atomic E-state index is 0.689. The Kier molecular flexibility index (Phi) is 2.46. The van der Waals surface area contributed by atoms with Crippen LogP contribution in [-0.2, 0) is 0 Å². The molecule has 5 rings (SSSR count). The molecule has 1 N–H and O–H groups in total. The predicted molar refractivity (Wildman–Crippen MR) is 82.0 cm³/mol. The summed E-state index contributed by atoms with van der Waals surface area (Å²) in [5.74, 6) is 2.74. The summed E-state index contributed by atoms with van der Waals surface area (Å²) >= 11 is 0. The number of hydrogen-bond acceptors (Lipinski definition) is 2. The molecule has 2 saturated heterocycles. The first kappa shape index (κ1) is 11.6. The molecule has 106 valence electrons. The topological polar surface area (TPSA) is 15.3 Å². The van der Waals surface area contributed by atoms with Gasteiger partial charge in [-0.1, -0.05) is 31.0 Å². The van der Waals surface area contributed by atoms with Gasteiger partial charge in [-0.15, -0.1) is 0 Å². The fourth-order valence-corrected chi connectivity index (χ4v) is 5.73. The summed E-state index contributed by atoms with van der Waals surface area (Å²) in [5, 5.41) is 3.90. The molecule has 0 aromatic heterocycles. The molecule has 0 unspecified atom stereocenters. The molecule has 1 aliphatic carbocycles. The lowest BCUT2D eigenvalue weighted by atomic mass is 9.73. The average Bonchev–Trinajstić information content (AvgIpc) is 3.04. The summed E-state index contributed by atoms with van der Waals surface area (Å²) in [5.41, 5.74) is 3.01. The van der Waals surface area contributed by atoms with Crippen LogP contribution in [0.2, 0.25) is 0 Å². The highest BCUT2D eigenvalue weighted by Gasteiger charge is 2.52. The lowest BCUT2D eigenvalue weighted by Crippen LogP contribution is -2.51. The molecule has 2 heteroatoms. The molecule has 2 nitrogen and oxygen atoms in total. The van der Waals surface area contributed by atoms with Crippen LogP contribution in [0, 0.1) is 11.8 Å². The van der Waals surface area contributed by atoms with Gasteiger partial charge in [-0.2, -0.15) is 0 Å². The highest BCUT2D eigenvalue weighted by atomic mass is 15.2. The van der Waals surface area contributed by atoms with Crippen molar-refractivity contribution in [1.29, 1.82) is 0 Å². The van der Waals surface area contributed by atoms with Gasteiger partial charge >= 0.3 is 0 Å². The Morgan fingerprint density at radius 1 is 1.05 bits per heavy atom. The molecular weight excluding hydrogens is 244 g/mol. The van der Waals surface area contributed by atoms with Crippen LogP contribution in [-0.4, -0.2) is 30.1 Å². The zero-order valence-electron chi connectivity index (χ0n) is 12.1. The van der Waals surface area contributed by atoms with Gasteiger partial charge in [-0.3, -0.25) is 4.90 Å². The van der Waals surface area contributed by atoms with Gasteiger partial charge in [-0.05, 0) is 49.3 Å². The van der Waals surface area contributed by atoms with Gasteiger partial charge in [0.1, 0.15) is 0 Å². The summed E-state index contributed by atoms with van der Waals surface area (Å²) in [6.45, 7) is 2.71. The Morgan fingerprint density at radius 2 is 1.95 bits per heavy atom. The number of rotatable bonds is 0. The lowest BCUT2D eigenvalue weighted by molar-refractivity contribution is 0.138. The van der Waals surface area contributed by atoms with E-state index >= 15 is 0 Å². The van der Waals surface area contributed by atoms with Crippen molar-refractivity contribution >= 4 is 5.69 Å². The van der Waals surface area contributed by atoms with Crippen molar-refractivity contribution in [3.8, 4) is 0 Å². The molecule has 0 bridgehead atoms. The van der Waals surface area contributed by atoms with E-state index in [-0.39, 0.29) is 0 Å². The summed E-state index contributed by atoms with van der Waals surface area (Å²) in [7, 11) is 0. The van der Waals surface area contributed by atoms with Crippen LogP contribution in [0.25, 0.3) is 0 Å². The SMILES string of the molecule is c1ccc2c(c1)N[C@H]1[C@@H]3[C@H]4CCCC[C@@H]4CN3CC[C@@H]21. The number of nitrogens with one attached hydrogen (secondary N) is 1. The molecule has 3 aliphatic heterocycles. The second kappa shape index (κ2) is 4.24. The zero-order chi connectivity index (χ0) is 13.1. The molecule has 20 heavy (non-hydrogen) atoms. The van der Waals surface area contributed by atoms with Gasteiger partial charge in [0, 0.05) is 30.2 Å². The summed E-state index contributed by atoms with van der Waals surface area (Å²) in [6, 6.07) is 10.5. The molecule has 3 heterocycles. The predicted octanol–water partition coefficient (Wildman–Crippen LogP) is 3.46. The van der Waals surface area contributed by atoms with Crippen molar-refractivity contribution in [1.82, 2.24) is 4.90 Å². The van der Waals surface area contributed by atoms with Gasteiger partial charge in [0.15, 0.2) is 0 Å². The number of nitrogens with zero attached hydrogens (tertiary/aromatic N) is 1. The van der Waals surface area contributed by atoms with Crippen LogP contribution < -0.4 is 5.32 Å². The molecule has 1 aromatic carbocycles. The summed E-state index contributed by atoms with van der Waals surface area (Å²) in [4.78, 5) is 2.83. The van der Waals surface area contributed by atoms with E-state index in [4.69, 9.17) is 0 Å². The average molecular weight is 268 g/mol. The smallest absolute Gasteiger partial charge is 0.0489 e. The molecule has 0 spiro atoms. The van der Waals surface area contributed by atoms with E-state index in [1.807, 2.05) is 0 Å². The standard InChI is InChI=1S/C18H24N2/c1-2-6-13-12(5-1)11-20-10-9-15-14-7-3-4-8-16(14)19-17(15)18(13)20/h3-4,7-8,12-13,15,17-19H,1-2,5-6,9-11H2/t12-,13+,15+,17-,18+/m1/s1. The summed E-state index contributed by atoms with van der Waals surface area (Å²) in [6.07, 6.45) is 7.26. The molecule has 1 saturated carbocycles. The fourth-order valence-electron chi connectivity index (χ4n) is 5.73. The second-order valence-corrected chi connectivity index (χ2v) is 7.35. The van der Waals surface area contributed by atoms with Crippen LogP contribution in [0.1, 0.15) is 43.6 Å². The van der Waals surface area contributed by atoms with E-state index in [2.05, 4.69) is 34.5 Å². The maximum absolute atomic E-state index is 3.90. The first-order valence-electron chi connectivity index (χ1n) is 8.51. The largest absolute Gasteiger partial charge is 0.380 e. The van der Waals surface area contributed by atoms with Gasteiger partial charge in [-0.25, -0.2) is 0 Å². The third-order valence-corrected chi connectivity index (χ3v) is 6.51. The van der Waals surface area contributed by atoms with Crippen LogP contribution in [0.15, 0.2) is 24.3 Å². The molecule has 1 aromatic rings. The van der Waals surface area contributed by atoms with E-state index in [0.717, 1.165) is 23.8 Å². The van der Waals surface area contributed by atoms with E-state index < -0.39 is 0 Å². The van der Waals surface area contributed by atoms with E-state index in [1.54, 1.807) is 5.56 Å². The Labute approximate surface area is 121 Å². The van der Waals surface area contributed by atoms with Crippen molar-refractivity contribution in [2.24, 2.45) is 11.8 Å². The third kappa shape index (κ3) is 1.49. The molecule has 0 amide bonds. The van der Waals surface area contributed by atoms with Crippen LogP contribution in [0.5, 0.6) is 0 Å². The van der Waals surface area contributed by atoms with Gasteiger partial charge in [0.05, 0.1) is 0 Å². The lowest BCUT2D eigenvalue weighted by Gasteiger charge is -2.42. The maximum Gasteiger partial charge on any atom is 0.0489 e. The molecule has 3 fully saturated rings. The summed E-state index contributed by atoms with van der Waals surface area (Å²) < 4.78 is 0. The Morgan fingerprint density at radius 3 is 2.95 bits per heavy atom. The van der Waals surface area contributed by atoms with Crippen molar-refractivity contribution in [2.45, 2.75) is 50.1 Å². The first-order valence-corrected chi connectivity index (χ1v) is 8.51. The van der Waals surface area contributed by atoms with Crippen LogP contribution >= 0.6 is 0 Å².